The van der Waals surface area contributed by atoms with Crippen LogP contribution in [-0.2, 0) is 10.2 Å². The molecule has 0 aromatic carbocycles. The fourth-order valence-electron chi connectivity index (χ4n) is 2.39. The number of halogens is 1. The largest absolute Gasteiger partial charge is 0.443 e. The van der Waals surface area contributed by atoms with Crippen LogP contribution in [0.2, 0.25) is 5.15 Å². The third kappa shape index (κ3) is 3.02. The van der Waals surface area contributed by atoms with Gasteiger partial charge in [0.25, 0.3) is 0 Å². The highest BCUT2D eigenvalue weighted by Gasteiger charge is 2.42. The van der Waals surface area contributed by atoms with Crippen molar-refractivity contribution in [3.8, 4) is 0 Å². The molecule has 1 aliphatic heterocycles. The molecule has 0 N–H and O–H groups in total. The van der Waals surface area contributed by atoms with Gasteiger partial charge in [-0.3, -0.25) is 9.69 Å². The Morgan fingerprint density at radius 1 is 1.48 bits per heavy atom. The number of carbonyl (C=O) groups is 2. The van der Waals surface area contributed by atoms with Gasteiger partial charge in [-0.15, -0.1) is 0 Å². The van der Waals surface area contributed by atoms with Crippen LogP contribution >= 0.6 is 11.6 Å². The van der Waals surface area contributed by atoms with Gasteiger partial charge < -0.3 is 4.74 Å². The predicted octanol–water partition coefficient (Wildman–Crippen LogP) is 3.58. The van der Waals surface area contributed by atoms with E-state index >= 15 is 0 Å². The van der Waals surface area contributed by atoms with Gasteiger partial charge >= 0.3 is 6.09 Å². The van der Waals surface area contributed by atoms with Gasteiger partial charge in [-0.25, -0.2) is 9.78 Å². The first kappa shape index (κ1) is 15.8. The quantitative estimate of drug-likeness (QED) is 0.587. The van der Waals surface area contributed by atoms with E-state index in [0.717, 1.165) is 5.56 Å². The SMILES string of the molecule is CC(C)(C)OC(=O)N1CC(C)(C)c2cc(C=O)nc(Cl)c21. The Balaban J connectivity index is 2.48. The molecule has 0 saturated heterocycles. The number of aldehydes is 1. The van der Waals surface area contributed by atoms with Crippen molar-refractivity contribution in [2.75, 3.05) is 11.4 Å². The molecule has 1 aromatic rings. The number of nitrogens with zero attached hydrogens (tertiary/aromatic N) is 2. The van der Waals surface area contributed by atoms with E-state index in [-0.39, 0.29) is 16.3 Å². The van der Waals surface area contributed by atoms with Crippen molar-refractivity contribution >= 4 is 29.7 Å². The number of fused-ring (bicyclic) bond motifs is 1. The Morgan fingerprint density at radius 2 is 2.10 bits per heavy atom. The summed E-state index contributed by atoms with van der Waals surface area (Å²) in [5.74, 6) is 0. The van der Waals surface area contributed by atoms with Crippen molar-refractivity contribution < 1.29 is 14.3 Å². The van der Waals surface area contributed by atoms with E-state index in [2.05, 4.69) is 4.98 Å². The molecule has 0 atom stereocenters. The van der Waals surface area contributed by atoms with Crippen molar-refractivity contribution in [2.24, 2.45) is 0 Å². The lowest BCUT2D eigenvalue weighted by molar-refractivity contribution is 0.0579. The van der Waals surface area contributed by atoms with Crippen LogP contribution in [0.25, 0.3) is 0 Å². The predicted molar refractivity (Wildman–Crippen MR) is 81.2 cm³/mol. The third-order valence-corrected chi connectivity index (χ3v) is 3.52. The maximum Gasteiger partial charge on any atom is 0.414 e. The lowest BCUT2D eigenvalue weighted by Crippen LogP contribution is -2.38. The minimum Gasteiger partial charge on any atom is -0.443 e. The van der Waals surface area contributed by atoms with E-state index in [1.54, 1.807) is 6.07 Å². The molecular formula is C15H19ClN2O3. The van der Waals surface area contributed by atoms with E-state index in [1.165, 1.54) is 4.90 Å². The van der Waals surface area contributed by atoms with E-state index < -0.39 is 11.7 Å². The molecule has 114 valence electrons. The first-order valence-corrected chi connectivity index (χ1v) is 7.10. The summed E-state index contributed by atoms with van der Waals surface area (Å²) in [6, 6.07) is 1.68. The number of aromatic nitrogens is 1. The Bertz CT molecular complexity index is 606. The minimum absolute atomic E-state index is 0.144. The van der Waals surface area contributed by atoms with Crippen LogP contribution in [0.1, 0.15) is 50.7 Å². The zero-order valence-corrected chi connectivity index (χ0v) is 13.6. The fraction of sp³-hybridized carbons (Fsp3) is 0.533. The van der Waals surface area contributed by atoms with E-state index in [0.29, 0.717) is 18.5 Å². The lowest BCUT2D eigenvalue weighted by Gasteiger charge is -2.26. The maximum absolute atomic E-state index is 12.4. The van der Waals surface area contributed by atoms with Gasteiger partial charge in [-0.2, -0.15) is 0 Å². The number of hydrogen-bond donors (Lipinski definition) is 0. The molecule has 0 bridgehead atoms. The summed E-state index contributed by atoms with van der Waals surface area (Å²) in [5.41, 5.74) is 0.707. The van der Waals surface area contributed by atoms with Crippen LogP contribution in [0.15, 0.2) is 6.07 Å². The van der Waals surface area contributed by atoms with Gasteiger partial charge in [-0.05, 0) is 32.4 Å². The van der Waals surface area contributed by atoms with Crippen molar-refractivity contribution in [3.63, 3.8) is 0 Å². The van der Waals surface area contributed by atoms with Gasteiger partial charge in [0.2, 0.25) is 0 Å². The monoisotopic (exact) mass is 310 g/mol. The second-order valence-corrected chi connectivity index (χ2v) is 7.16. The molecule has 0 aliphatic carbocycles. The molecule has 6 heteroatoms. The van der Waals surface area contributed by atoms with Gasteiger partial charge in [0.05, 0.1) is 5.69 Å². The van der Waals surface area contributed by atoms with Crippen LogP contribution in [-0.4, -0.2) is 29.5 Å². The molecule has 0 saturated carbocycles. The van der Waals surface area contributed by atoms with Gasteiger partial charge in [0.1, 0.15) is 11.3 Å². The van der Waals surface area contributed by atoms with Gasteiger partial charge in [0.15, 0.2) is 11.4 Å². The summed E-state index contributed by atoms with van der Waals surface area (Å²) >= 11 is 6.17. The zero-order chi connectivity index (χ0) is 16.0. The Hall–Kier alpha value is -1.62. The second-order valence-electron chi connectivity index (χ2n) is 6.80. The van der Waals surface area contributed by atoms with Crippen molar-refractivity contribution in [1.29, 1.82) is 0 Å². The molecule has 21 heavy (non-hydrogen) atoms. The summed E-state index contributed by atoms with van der Waals surface area (Å²) in [7, 11) is 0. The molecule has 2 heterocycles. The molecule has 0 radical (unpaired) electrons. The average molecular weight is 311 g/mol. The summed E-state index contributed by atoms with van der Waals surface area (Å²) in [6.45, 7) is 9.83. The molecule has 0 fully saturated rings. The number of pyridine rings is 1. The molecule has 1 aliphatic rings. The number of carbonyl (C=O) groups excluding carboxylic acids is 2. The van der Waals surface area contributed by atoms with E-state index in [9.17, 15) is 9.59 Å². The van der Waals surface area contributed by atoms with Crippen LogP contribution in [0.4, 0.5) is 10.5 Å². The van der Waals surface area contributed by atoms with Crippen LogP contribution in [0.5, 0.6) is 0 Å². The van der Waals surface area contributed by atoms with Crippen molar-refractivity contribution in [1.82, 2.24) is 4.98 Å². The zero-order valence-electron chi connectivity index (χ0n) is 12.9. The number of hydrogen-bond acceptors (Lipinski definition) is 4. The molecule has 0 spiro atoms. The summed E-state index contributed by atoms with van der Waals surface area (Å²) in [6.07, 6.45) is 0.190. The van der Waals surface area contributed by atoms with Crippen molar-refractivity contribution in [3.05, 3.63) is 22.5 Å². The molecule has 1 aromatic heterocycles. The highest BCUT2D eigenvalue weighted by molar-refractivity contribution is 6.33. The van der Waals surface area contributed by atoms with Crippen LogP contribution in [0.3, 0.4) is 0 Å². The summed E-state index contributed by atoms with van der Waals surface area (Å²) in [4.78, 5) is 28.8. The van der Waals surface area contributed by atoms with Crippen LogP contribution < -0.4 is 4.90 Å². The lowest BCUT2D eigenvalue weighted by atomic mass is 9.87. The fourth-order valence-corrected chi connectivity index (χ4v) is 2.69. The minimum atomic E-state index is -0.591. The van der Waals surface area contributed by atoms with Crippen LogP contribution in [0, 0.1) is 0 Å². The number of amides is 1. The highest BCUT2D eigenvalue weighted by atomic mass is 35.5. The van der Waals surface area contributed by atoms with E-state index in [4.69, 9.17) is 16.3 Å². The normalized spacial score (nSPS) is 16.6. The molecule has 2 rings (SSSR count). The summed E-state index contributed by atoms with van der Waals surface area (Å²) < 4.78 is 5.41. The summed E-state index contributed by atoms with van der Waals surface area (Å²) in [5, 5.41) is 0.144. The maximum atomic E-state index is 12.4. The second kappa shape index (κ2) is 4.98. The van der Waals surface area contributed by atoms with Gasteiger partial charge in [-0.1, -0.05) is 25.4 Å². The smallest absolute Gasteiger partial charge is 0.414 e. The number of rotatable bonds is 1. The molecule has 1 amide bonds. The number of ether oxygens (including phenoxy) is 1. The Morgan fingerprint density at radius 3 is 2.62 bits per heavy atom. The number of anilines is 1. The molecular weight excluding hydrogens is 292 g/mol. The highest BCUT2D eigenvalue weighted by Crippen LogP contribution is 2.44. The third-order valence-electron chi connectivity index (χ3n) is 3.26. The van der Waals surface area contributed by atoms with Crippen molar-refractivity contribution in [2.45, 2.75) is 45.6 Å². The van der Waals surface area contributed by atoms with E-state index in [1.807, 2.05) is 34.6 Å². The Kier molecular flexibility index (Phi) is 3.74. The standard InChI is InChI=1S/C15H19ClN2O3/c1-14(2,3)21-13(20)18-8-15(4,5)10-6-9(7-19)17-12(16)11(10)18/h6-7H,8H2,1-5H3. The van der Waals surface area contributed by atoms with Gasteiger partial charge in [0, 0.05) is 12.0 Å². The Labute approximate surface area is 129 Å². The first-order valence-electron chi connectivity index (χ1n) is 6.72. The first-order chi connectivity index (χ1) is 9.55. The molecule has 0 unspecified atom stereocenters. The topological polar surface area (TPSA) is 59.5 Å². The average Bonchev–Trinajstić information content (AvgIpc) is 2.60. The molecule has 5 nitrogen and oxygen atoms in total.